The van der Waals surface area contributed by atoms with Gasteiger partial charge in [-0.25, -0.2) is 0 Å². The van der Waals surface area contributed by atoms with Gasteiger partial charge in [-0.2, -0.15) is 15.0 Å². The zero-order valence-electron chi connectivity index (χ0n) is 16.5. The normalized spacial score (nSPS) is 16.9. The summed E-state index contributed by atoms with van der Waals surface area (Å²) in [5.41, 5.74) is 0.830. The zero-order chi connectivity index (χ0) is 19.2. The predicted octanol–water partition coefficient (Wildman–Crippen LogP) is 2.11. The van der Waals surface area contributed by atoms with Gasteiger partial charge in [0.1, 0.15) is 5.75 Å². The van der Waals surface area contributed by atoms with Gasteiger partial charge in [-0.15, -0.1) is 12.4 Å². The molecule has 2 aliphatic rings. The van der Waals surface area contributed by atoms with Crippen molar-refractivity contribution in [1.29, 1.82) is 0 Å². The van der Waals surface area contributed by atoms with Gasteiger partial charge in [0.15, 0.2) is 0 Å². The Labute approximate surface area is 176 Å². The molecule has 2 aromatic rings. The number of para-hydroxylation sites is 2. The molecule has 1 aromatic heterocycles. The van der Waals surface area contributed by atoms with Crippen LogP contribution in [0.1, 0.15) is 6.92 Å². The molecule has 0 radical (unpaired) electrons. The average Bonchev–Trinajstić information content (AvgIpc) is 2.76. The summed E-state index contributed by atoms with van der Waals surface area (Å²) in [7, 11) is 0. The maximum Gasteiger partial charge on any atom is 0.233 e. The molecule has 2 fully saturated rings. The molecule has 9 nitrogen and oxygen atoms in total. The number of halogens is 1. The van der Waals surface area contributed by atoms with Crippen LogP contribution in [0.2, 0.25) is 0 Å². The third-order valence-electron chi connectivity index (χ3n) is 4.63. The van der Waals surface area contributed by atoms with Crippen LogP contribution in [0.15, 0.2) is 24.3 Å². The van der Waals surface area contributed by atoms with Crippen LogP contribution in [0.25, 0.3) is 0 Å². The van der Waals surface area contributed by atoms with Crippen LogP contribution in [0.4, 0.5) is 23.5 Å². The Morgan fingerprint density at radius 2 is 1.45 bits per heavy atom. The highest BCUT2D eigenvalue weighted by atomic mass is 35.5. The number of anilines is 4. The van der Waals surface area contributed by atoms with Crippen LogP contribution in [-0.2, 0) is 9.47 Å². The van der Waals surface area contributed by atoms with Crippen molar-refractivity contribution in [2.75, 3.05) is 74.3 Å². The standard InChI is InChI=1S/C19H26N6O3.ClH/c1-2-28-16-6-4-3-5-15(16)20-17-21-18(24-7-11-26-12-8-24)23-19(22-17)25-9-13-27-14-10-25;/h3-6H,2,7-14H2,1H3,(H,20,21,22,23);1H. The van der Waals surface area contributed by atoms with Crippen LogP contribution in [-0.4, -0.2) is 74.2 Å². The quantitative estimate of drug-likeness (QED) is 0.752. The second-order valence-corrected chi connectivity index (χ2v) is 6.51. The highest BCUT2D eigenvalue weighted by molar-refractivity contribution is 5.85. The lowest BCUT2D eigenvalue weighted by Crippen LogP contribution is -2.40. The number of nitrogens with one attached hydrogen (secondary N) is 1. The fourth-order valence-electron chi connectivity index (χ4n) is 3.19. The van der Waals surface area contributed by atoms with E-state index in [1.165, 1.54) is 0 Å². The molecule has 0 unspecified atom stereocenters. The van der Waals surface area contributed by atoms with Crippen LogP contribution in [0.3, 0.4) is 0 Å². The second kappa shape index (κ2) is 10.4. The van der Waals surface area contributed by atoms with Gasteiger partial charge in [-0.3, -0.25) is 0 Å². The van der Waals surface area contributed by atoms with Crippen molar-refractivity contribution in [3.05, 3.63) is 24.3 Å². The molecule has 0 saturated carbocycles. The van der Waals surface area contributed by atoms with Gasteiger partial charge in [0.25, 0.3) is 0 Å². The Hall–Kier alpha value is -2.36. The average molecular weight is 423 g/mol. The number of ether oxygens (including phenoxy) is 3. The van der Waals surface area contributed by atoms with E-state index in [1.807, 2.05) is 31.2 Å². The highest BCUT2D eigenvalue weighted by Crippen LogP contribution is 2.27. The Balaban J connectivity index is 0.00000240. The summed E-state index contributed by atoms with van der Waals surface area (Å²) in [5.74, 6) is 2.60. The number of aromatic nitrogens is 3. The van der Waals surface area contributed by atoms with E-state index in [9.17, 15) is 0 Å². The molecule has 0 amide bonds. The van der Waals surface area contributed by atoms with E-state index in [2.05, 4.69) is 25.1 Å². The van der Waals surface area contributed by atoms with Crippen molar-refractivity contribution in [3.8, 4) is 5.75 Å². The van der Waals surface area contributed by atoms with E-state index in [4.69, 9.17) is 19.2 Å². The molecule has 10 heteroatoms. The maximum atomic E-state index is 5.71. The smallest absolute Gasteiger partial charge is 0.233 e. The molecule has 0 atom stereocenters. The number of nitrogens with zero attached hydrogens (tertiary/aromatic N) is 5. The van der Waals surface area contributed by atoms with E-state index in [0.717, 1.165) is 37.6 Å². The van der Waals surface area contributed by atoms with Crippen molar-refractivity contribution >= 4 is 35.9 Å². The summed E-state index contributed by atoms with van der Waals surface area (Å²) in [6.45, 7) is 8.32. The molecule has 0 bridgehead atoms. The third kappa shape index (κ3) is 5.37. The lowest BCUT2D eigenvalue weighted by Gasteiger charge is -2.30. The van der Waals surface area contributed by atoms with Crippen molar-refractivity contribution < 1.29 is 14.2 Å². The predicted molar refractivity (Wildman–Crippen MR) is 114 cm³/mol. The number of rotatable bonds is 6. The molecule has 2 saturated heterocycles. The van der Waals surface area contributed by atoms with Gasteiger partial charge in [0.2, 0.25) is 17.8 Å². The fourth-order valence-corrected chi connectivity index (χ4v) is 3.19. The number of hydrogen-bond acceptors (Lipinski definition) is 9. The van der Waals surface area contributed by atoms with E-state index >= 15 is 0 Å². The SMILES string of the molecule is CCOc1ccccc1Nc1nc(N2CCOCC2)nc(N2CCOCC2)n1.Cl. The van der Waals surface area contributed by atoms with Crippen molar-refractivity contribution in [3.63, 3.8) is 0 Å². The lowest BCUT2D eigenvalue weighted by atomic mass is 10.3. The monoisotopic (exact) mass is 422 g/mol. The Morgan fingerprint density at radius 3 is 2.00 bits per heavy atom. The van der Waals surface area contributed by atoms with Gasteiger partial charge in [0.05, 0.1) is 38.7 Å². The summed E-state index contributed by atoms with van der Waals surface area (Å²) >= 11 is 0. The Morgan fingerprint density at radius 1 is 0.897 bits per heavy atom. The first-order valence-electron chi connectivity index (χ1n) is 9.74. The topological polar surface area (TPSA) is 84.9 Å². The van der Waals surface area contributed by atoms with Crippen molar-refractivity contribution in [2.45, 2.75) is 6.92 Å². The van der Waals surface area contributed by atoms with Gasteiger partial charge < -0.3 is 29.3 Å². The van der Waals surface area contributed by atoms with Crippen molar-refractivity contribution in [1.82, 2.24) is 15.0 Å². The number of hydrogen-bond donors (Lipinski definition) is 1. The lowest BCUT2D eigenvalue weighted by molar-refractivity contribution is 0.121. The number of benzene rings is 1. The van der Waals surface area contributed by atoms with Gasteiger partial charge in [-0.05, 0) is 19.1 Å². The molecule has 3 heterocycles. The summed E-state index contributed by atoms with van der Waals surface area (Å²) in [6.07, 6.45) is 0. The molecular weight excluding hydrogens is 396 g/mol. The highest BCUT2D eigenvalue weighted by Gasteiger charge is 2.21. The van der Waals surface area contributed by atoms with Crippen molar-refractivity contribution in [2.24, 2.45) is 0 Å². The van der Waals surface area contributed by atoms with Crippen LogP contribution >= 0.6 is 12.4 Å². The van der Waals surface area contributed by atoms with Crippen LogP contribution in [0, 0.1) is 0 Å². The molecule has 1 aromatic carbocycles. The minimum absolute atomic E-state index is 0. The summed E-state index contributed by atoms with van der Waals surface area (Å²) in [5, 5.41) is 3.31. The zero-order valence-corrected chi connectivity index (χ0v) is 17.4. The van der Waals surface area contributed by atoms with Gasteiger partial charge in [0, 0.05) is 26.2 Å². The molecule has 2 aliphatic heterocycles. The molecule has 1 N–H and O–H groups in total. The number of morpholine rings is 2. The fraction of sp³-hybridized carbons (Fsp3) is 0.526. The van der Waals surface area contributed by atoms with E-state index < -0.39 is 0 Å². The van der Waals surface area contributed by atoms with Crippen LogP contribution < -0.4 is 19.9 Å². The van der Waals surface area contributed by atoms with E-state index in [0.29, 0.717) is 50.9 Å². The van der Waals surface area contributed by atoms with Gasteiger partial charge >= 0.3 is 0 Å². The summed E-state index contributed by atoms with van der Waals surface area (Å²) in [4.78, 5) is 18.3. The third-order valence-corrected chi connectivity index (χ3v) is 4.63. The molecule has 158 valence electrons. The minimum Gasteiger partial charge on any atom is -0.492 e. The molecule has 0 spiro atoms. The van der Waals surface area contributed by atoms with Crippen LogP contribution in [0.5, 0.6) is 5.75 Å². The first kappa shape index (κ1) is 21.4. The molecular formula is C19H27ClN6O3. The minimum atomic E-state index is 0. The van der Waals surface area contributed by atoms with E-state index in [-0.39, 0.29) is 12.4 Å². The largest absolute Gasteiger partial charge is 0.492 e. The maximum absolute atomic E-state index is 5.71. The van der Waals surface area contributed by atoms with E-state index in [1.54, 1.807) is 0 Å². The molecule has 29 heavy (non-hydrogen) atoms. The summed E-state index contributed by atoms with van der Waals surface area (Å²) < 4.78 is 16.6. The summed E-state index contributed by atoms with van der Waals surface area (Å²) in [6, 6.07) is 7.79. The Kier molecular flexibility index (Phi) is 7.68. The molecule has 0 aliphatic carbocycles. The second-order valence-electron chi connectivity index (χ2n) is 6.51. The first-order valence-corrected chi connectivity index (χ1v) is 9.74. The Bertz CT molecular complexity index is 748. The molecule has 4 rings (SSSR count). The first-order chi connectivity index (χ1) is 13.8. The van der Waals surface area contributed by atoms with Gasteiger partial charge in [-0.1, -0.05) is 12.1 Å².